The van der Waals surface area contributed by atoms with Crippen molar-refractivity contribution in [3.8, 4) is 0 Å². The molecule has 0 spiro atoms. The van der Waals surface area contributed by atoms with Gasteiger partial charge in [0.25, 0.3) is 5.91 Å². The molecule has 0 aliphatic carbocycles. The lowest BCUT2D eigenvalue weighted by atomic mass is 10.0. The predicted octanol–water partition coefficient (Wildman–Crippen LogP) is -4.56. The van der Waals surface area contributed by atoms with E-state index in [9.17, 15) is 39.6 Å². The molecule has 14 nitrogen and oxygen atoms in total. The minimum Gasteiger partial charge on any atom is -0.388 e. The first-order chi connectivity index (χ1) is 18.1. The van der Waals surface area contributed by atoms with E-state index in [2.05, 4.69) is 21.3 Å². The summed E-state index contributed by atoms with van der Waals surface area (Å²) in [7, 11) is 0. The number of carbonyl (C=O) groups is 4. The lowest BCUT2D eigenvalue weighted by Crippen LogP contribution is -2.53. The van der Waals surface area contributed by atoms with E-state index in [-0.39, 0.29) is 25.9 Å². The smallest absolute Gasteiger partial charge is 0.252 e. The lowest BCUT2D eigenvalue weighted by Gasteiger charge is -2.21. The molecule has 38 heavy (non-hydrogen) atoms. The maximum absolute atomic E-state index is 13.0. The summed E-state index contributed by atoms with van der Waals surface area (Å²) >= 11 is 0. The molecule has 208 valence electrons. The maximum Gasteiger partial charge on any atom is 0.252 e. The van der Waals surface area contributed by atoms with Crippen LogP contribution >= 0.6 is 0 Å². The highest BCUT2D eigenvalue weighted by atomic mass is 16.6. The van der Waals surface area contributed by atoms with E-state index in [1.54, 1.807) is 30.3 Å². The van der Waals surface area contributed by atoms with Crippen LogP contribution < -0.4 is 21.3 Å². The first-order valence-electron chi connectivity index (χ1n) is 12.3. The Balaban J connectivity index is 1.52. The van der Waals surface area contributed by atoms with Gasteiger partial charge in [-0.05, 0) is 5.56 Å². The molecule has 4 bridgehead atoms. The van der Waals surface area contributed by atoms with Crippen molar-refractivity contribution in [2.45, 2.75) is 67.7 Å². The summed E-state index contributed by atoms with van der Waals surface area (Å²) in [5.74, 6) is -2.75. The summed E-state index contributed by atoms with van der Waals surface area (Å²) in [6, 6.07) is 7.82. The average Bonchev–Trinajstić information content (AvgIpc) is 3.34. The van der Waals surface area contributed by atoms with Gasteiger partial charge in [0, 0.05) is 19.5 Å². The third-order valence-electron chi connectivity index (χ3n) is 6.80. The number of carbonyl (C=O) groups excluding carboxylic acids is 4. The third kappa shape index (κ3) is 6.46. The normalized spacial score (nSPS) is 37.2. The Morgan fingerprint density at radius 1 is 0.711 bits per heavy atom. The van der Waals surface area contributed by atoms with Crippen molar-refractivity contribution in [3.05, 3.63) is 35.9 Å². The first kappa shape index (κ1) is 27.9. The first-order valence-corrected chi connectivity index (χ1v) is 12.3. The highest BCUT2D eigenvalue weighted by Gasteiger charge is 2.47. The second-order valence-corrected chi connectivity index (χ2v) is 9.55. The summed E-state index contributed by atoms with van der Waals surface area (Å²) in [6.45, 7) is -0.998. The van der Waals surface area contributed by atoms with Gasteiger partial charge in [0.2, 0.25) is 17.7 Å². The van der Waals surface area contributed by atoms with Crippen molar-refractivity contribution in [3.63, 3.8) is 0 Å². The number of hydrogen-bond acceptors (Lipinski definition) is 10. The number of benzene rings is 1. The minimum absolute atomic E-state index is 0.115. The molecule has 3 aliphatic rings. The molecule has 3 fully saturated rings. The molecule has 14 heteroatoms. The van der Waals surface area contributed by atoms with Gasteiger partial charge < -0.3 is 51.2 Å². The highest BCUT2D eigenvalue weighted by Crippen LogP contribution is 2.24. The zero-order valence-corrected chi connectivity index (χ0v) is 20.4. The number of fused-ring (bicyclic) bond motifs is 4. The molecule has 0 aromatic heterocycles. The van der Waals surface area contributed by atoms with Gasteiger partial charge >= 0.3 is 0 Å². The van der Waals surface area contributed by atoms with Crippen molar-refractivity contribution in [2.75, 3.05) is 19.6 Å². The Kier molecular flexibility index (Phi) is 8.91. The molecule has 1 aromatic carbocycles. The van der Waals surface area contributed by atoms with Crippen molar-refractivity contribution in [2.24, 2.45) is 0 Å². The van der Waals surface area contributed by atoms with E-state index in [0.717, 1.165) is 5.56 Å². The average molecular weight is 537 g/mol. The standard InChI is InChI=1S/C24H32N4O10/c29-16-7-13-18(31)19(32)14(37-13)9-26-23(35)12(6-11-4-2-1-3-5-11)28-17(30)10-27-24(36)22-21(34)20(33)15(38-22)8-25-16/h1-5,12-15,18-22,31-34H,6-10H2,(H,25,29)(H,26,35)(H,27,36)(H,28,30)/t12-,13-,14+,15+,18-,19+,20+,21+,22+/m0/s1. The van der Waals surface area contributed by atoms with Crippen molar-refractivity contribution in [1.29, 1.82) is 0 Å². The molecule has 1 aromatic rings. The van der Waals surface area contributed by atoms with Crippen LogP contribution in [0.5, 0.6) is 0 Å². The van der Waals surface area contributed by atoms with Crippen molar-refractivity contribution in [1.82, 2.24) is 21.3 Å². The fraction of sp³-hybridized carbons (Fsp3) is 0.583. The molecule has 3 heterocycles. The van der Waals surface area contributed by atoms with Crippen molar-refractivity contribution >= 4 is 23.6 Å². The Bertz CT molecular complexity index is 1030. The van der Waals surface area contributed by atoms with Crippen LogP contribution in [0.15, 0.2) is 30.3 Å². The molecule has 8 N–H and O–H groups in total. The molecule has 0 unspecified atom stereocenters. The molecular weight excluding hydrogens is 504 g/mol. The molecule has 4 rings (SSSR count). The minimum atomic E-state index is -1.61. The Morgan fingerprint density at radius 3 is 2.08 bits per heavy atom. The summed E-state index contributed by atoms with van der Waals surface area (Å²) in [5.41, 5.74) is 0.747. The van der Waals surface area contributed by atoms with Gasteiger partial charge in [0.05, 0.1) is 19.1 Å². The fourth-order valence-electron chi connectivity index (χ4n) is 4.66. The van der Waals surface area contributed by atoms with E-state index in [4.69, 9.17) is 9.47 Å². The number of ether oxygens (including phenoxy) is 2. The van der Waals surface area contributed by atoms with Crippen LogP contribution in [0, 0.1) is 0 Å². The number of aliphatic hydroxyl groups excluding tert-OH is 4. The molecule has 0 saturated carbocycles. The summed E-state index contributed by atoms with van der Waals surface area (Å²) in [5, 5.41) is 51.2. The van der Waals surface area contributed by atoms with Crippen LogP contribution in [0.1, 0.15) is 12.0 Å². The molecule has 3 aliphatic heterocycles. The Hall–Kier alpha value is -3.14. The van der Waals surface area contributed by atoms with E-state index in [0.29, 0.717) is 0 Å². The Labute approximate surface area is 217 Å². The molecular formula is C24H32N4O10. The van der Waals surface area contributed by atoms with Crippen LogP contribution in [-0.4, -0.2) is 119 Å². The lowest BCUT2D eigenvalue weighted by molar-refractivity contribution is -0.137. The fourth-order valence-corrected chi connectivity index (χ4v) is 4.66. The second kappa shape index (κ2) is 12.1. The predicted molar refractivity (Wildman–Crippen MR) is 127 cm³/mol. The van der Waals surface area contributed by atoms with E-state index in [1.807, 2.05) is 0 Å². The highest BCUT2D eigenvalue weighted by molar-refractivity contribution is 5.91. The molecule has 3 saturated heterocycles. The molecule has 4 amide bonds. The van der Waals surface area contributed by atoms with Gasteiger partial charge in [-0.1, -0.05) is 30.3 Å². The van der Waals surface area contributed by atoms with Crippen LogP contribution in [0.25, 0.3) is 0 Å². The Morgan fingerprint density at radius 2 is 1.34 bits per heavy atom. The maximum atomic E-state index is 13.0. The number of rotatable bonds is 2. The van der Waals surface area contributed by atoms with Gasteiger partial charge in [0.1, 0.15) is 42.7 Å². The quantitative estimate of drug-likeness (QED) is 0.181. The molecule has 0 radical (unpaired) electrons. The van der Waals surface area contributed by atoms with E-state index < -0.39 is 85.0 Å². The zero-order chi connectivity index (χ0) is 27.4. The van der Waals surface area contributed by atoms with Gasteiger partial charge in [-0.25, -0.2) is 0 Å². The van der Waals surface area contributed by atoms with Crippen LogP contribution in [0.2, 0.25) is 0 Å². The van der Waals surface area contributed by atoms with E-state index in [1.165, 1.54) is 0 Å². The largest absolute Gasteiger partial charge is 0.388 e. The van der Waals surface area contributed by atoms with Crippen LogP contribution in [0.3, 0.4) is 0 Å². The third-order valence-corrected chi connectivity index (χ3v) is 6.80. The van der Waals surface area contributed by atoms with Gasteiger partial charge in [0.15, 0.2) is 6.10 Å². The van der Waals surface area contributed by atoms with Crippen LogP contribution in [0.4, 0.5) is 0 Å². The summed E-state index contributed by atoms with van der Waals surface area (Å²) in [4.78, 5) is 50.6. The van der Waals surface area contributed by atoms with Crippen molar-refractivity contribution < 1.29 is 49.1 Å². The van der Waals surface area contributed by atoms with E-state index >= 15 is 0 Å². The number of hydrogen-bond donors (Lipinski definition) is 8. The van der Waals surface area contributed by atoms with Crippen LogP contribution in [-0.2, 0) is 35.1 Å². The zero-order valence-electron chi connectivity index (χ0n) is 20.4. The number of nitrogens with one attached hydrogen (secondary N) is 4. The monoisotopic (exact) mass is 536 g/mol. The van der Waals surface area contributed by atoms with Gasteiger partial charge in [-0.3, -0.25) is 19.2 Å². The number of amides is 4. The summed E-state index contributed by atoms with van der Waals surface area (Å²) in [6.07, 6.45) is -10.8. The topological polar surface area (TPSA) is 216 Å². The van der Waals surface area contributed by atoms with Gasteiger partial charge in [-0.15, -0.1) is 0 Å². The SMILES string of the molecule is O=C1C[C@@H]2O[C@H](CNC(=O)[C@H](Cc3ccccc3)NC(=O)CNC(=O)[C@@H]3O[C@H](CN1)[C@@H](O)[C@H]3O)[C@@H](O)[C@H]2O. The molecule has 9 atom stereocenters. The van der Waals surface area contributed by atoms with Gasteiger partial charge in [-0.2, -0.15) is 0 Å². The number of aliphatic hydroxyl groups is 4. The second-order valence-electron chi connectivity index (χ2n) is 9.55. The summed E-state index contributed by atoms with van der Waals surface area (Å²) < 4.78 is 11.0.